The maximum atomic E-state index is 11.2. The first-order valence-corrected chi connectivity index (χ1v) is 6.68. The SMILES string of the molecule is O=CC1=C(C=O)SC(=C(C=O)c2ccccc2)S1. The summed E-state index contributed by atoms with van der Waals surface area (Å²) in [7, 11) is 0. The molecule has 1 heterocycles. The molecule has 0 amide bonds. The molecule has 0 unspecified atom stereocenters. The number of carbonyl (C=O) groups is 3. The van der Waals surface area contributed by atoms with Crippen LogP contribution in [0, 0.1) is 0 Å². The van der Waals surface area contributed by atoms with Gasteiger partial charge < -0.3 is 0 Å². The molecule has 0 saturated heterocycles. The Morgan fingerprint density at radius 3 is 1.89 bits per heavy atom. The highest BCUT2D eigenvalue weighted by Crippen LogP contribution is 2.50. The smallest absolute Gasteiger partial charge is 0.158 e. The van der Waals surface area contributed by atoms with Gasteiger partial charge in [-0.15, -0.1) is 0 Å². The van der Waals surface area contributed by atoms with E-state index in [1.165, 1.54) is 0 Å². The number of aldehydes is 3. The summed E-state index contributed by atoms with van der Waals surface area (Å²) in [5, 5.41) is 0. The Balaban J connectivity index is 2.41. The molecule has 0 bridgehead atoms. The van der Waals surface area contributed by atoms with E-state index in [0.29, 0.717) is 32.2 Å². The molecule has 0 N–H and O–H groups in total. The predicted molar refractivity (Wildman–Crippen MR) is 73.8 cm³/mol. The van der Waals surface area contributed by atoms with Gasteiger partial charge in [0.1, 0.15) is 0 Å². The van der Waals surface area contributed by atoms with Crippen LogP contribution in [0.3, 0.4) is 0 Å². The summed E-state index contributed by atoms with van der Waals surface area (Å²) in [5.41, 5.74) is 1.28. The normalized spacial score (nSPS) is 14.6. The fourth-order valence-corrected chi connectivity index (χ4v) is 3.75. The zero-order valence-corrected chi connectivity index (χ0v) is 10.8. The minimum atomic E-state index is 0.361. The molecule has 0 aliphatic carbocycles. The average Bonchev–Trinajstić information content (AvgIpc) is 2.84. The van der Waals surface area contributed by atoms with Crippen molar-refractivity contribution in [2.75, 3.05) is 0 Å². The van der Waals surface area contributed by atoms with Gasteiger partial charge in [0.05, 0.1) is 14.0 Å². The molecule has 1 aromatic carbocycles. The summed E-state index contributed by atoms with van der Waals surface area (Å²) in [6.45, 7) is 0. The maximum Gasteiger partial charge on any atom is 0.158 e. The van der Waals surface area contributed by atoms with Gasteiger partial charge in [-0.3, -0.25) is 14.4 Å². The molecule has 2 rings (SSSR count). The van der Waals surface area contributed by atoms with Gasteiger partial charge in [-0.1, -0.05) is 53.9 Å². The summed E-state index contributed by atoms with van der Waals surface area (Å²) in [5.74, 6) is 0. The van der Waals surface area contributed by atoms with Crippen LogP contribution in [0.4, 0.5) is 0 Å². The van der Waals surface area contributed by atoms with Crippen LogP contribution >= 0.6 is 23.5 Å². The third kappa shape index (κ3) is 2.47. The highest BCUT2D eigenvalue weighted by atomic mass is 32.2. The molecule has 0 radical (unpaired) electrons. The van der Waals surface area contributed by atoms with Crippen LogP contribution in [0.2, 0.25) is 0 Å². The van der Waals surface area contributed by atoms with Crippen molar-refractivity contribution in [3.63, 3.8) is 0 Å². The minimum Gasteiger partial charge on any atom is -0.298 e. The van der Waals surface area contributed by atoms with E-state index in [0.717, 1.165) is 35.4 Å². The molecule has 3 nitrogen and oxygen atoms in total. The topological polar surface area (TPSA) is 51.2 Å². The van der Waals surface area contributed by atoms with Gasteiger partial charge in [-0.25, -0.2) is 0 Å². The molecule has 90 valence electrons. The van der Waals surface area contributed by atoms with E-state index in [-0.39, 0.29) is 0 Å². The minimum absolute atomic E-state index is 0.361. The highest BCUT2D eigenvalue weighted by Gasteiger charge is 2.23. The lowest BCUT2D eigenvalue weighted by atomic mass is 10.1. The third-order valence-electron chi connectivity index (χ3n) is 2.28. The fourth-order valence-electron chi connectivity index (χ4n) is 1.45. The maximum absolute atomic E-state index is 11.2. The number of hydrogen-bond acceptors (Lipinski definition) is 5. The average molecular weight is 276 g/mol. The zero-order chi connectivity index (χ0) is 13.0. The second-order valence-electron chi connectivity index (χ2n) is 3.35. The predicted octanol–water partition coefficient (Wildman–Crippen LogP) is 2.64. The summed E-state index contributed by atoms with van der Waals surface area (Å²) >= 11 is 2.33. The number of benzene rings is 1. The fraction of sp³-hybridized carbons (Fsp3) is 0. The first kappa shape index (κ1) is 12.9. The van der Waals surface area contributed by atoms with Crippen molar-refractivity contribution in [3.05, 3.63) is 49.9 Å². The number of carbonyl (C=O) groups excluding carboxylic acids is 3. The molecule has 18 heavy (non-hydrogen) atoms. The van der Waals surface area contributed by atoms with Crippen LogP contribution in [0.25, 0.3) is 5.57 Å². The Hall–Kier alpha value is -1.59. The molecule has 0 aromatic heterocycles. The number of allylic oxidation sites excluding steroid dienone is 3. The lowest BCUT2D eigenvalue weighted by molar-refractivity contribution is -0.106. The monoisotopic (exact) mass is 276 g/mol. The van der Waals surface area contributed by atoms with Gasteiger partial charge in [0.25, 0.3) is 0 Å². The summed E-state index contributed by atoms with van der Waals surface area (Å²) in [4.78, 5) is 33.5. The van der Waals surface area contributed by atoms with Crippen LogP contribution < -0.4 is 0 Å². The Morgan fingerprint density at radius 1 is 0.889 bits per heavy atom. The molecular weight excluding hydrogens is 268 g/mol. The van der Waals surface area contributed by atoms with Crippen molar-refractivity contribution in [2.45, 2.75) is 0 Å². The standard InChI is InChI=1S/C13H8O3S2/c14-6-10(9-4-2-1-3-5-9)13-17-11(7-15)12(8-16)18-13/h1-8H. The van der Waals surface area contributed by atoms with Crippen molar-refractivity contribution >= 4 is 48.0 Å². The largest absolute Gasteiger partial charge is 0.298 e. The van der Waals surface area contributed by atoms with Crippen molar-refractivity contribution < 1.29 is 14.4 Å². The van der Waals surface area contributed by atoms with Gasteiger partial charge in [0.2, 0.25) is 0 Å². The van der Waals surface area contributed by atoms with E-state index < -0.39 is 0 Å². The van der Waals surface area contributed by atoms with Gasteiger partial charge in [-0.2, -0.15) is 0 Å². The summed E-state index contributed by atoms with van der Waals surface area (Å²) in [6, 6.07) is 9.16. The summed E-state index contributed by atoms with van der Waals surface area (Å²) < 4.78 is 0.667. The number of hydrogen-bond donors (Lipinski definition) is 0. The van der Waals surface area contributed by atoms with Crippen LogP contribution in [0.15, 0.2) is 44.4 Å². The molecule has 1 aromatic rings. The van der Waals surface area contributed by atoms with Crippen molar-refractivity contribution in [1.82, 2.24) is 0 Å². The van der Waals surface area contributed by atoms with Crippen molar-refractivity contribution in [1.29, 1.82) is 0 Å². The Morgan fingerprint density at radius 2 is 1.44 bits per heavy atom. The molecule has 1 aliphatic heterocycles. The van der Waals surface area contributed by atoms with E-state index >= 15 is 0 Å². The second kappa shape index (κ2) is 5.84. The van der Waals surface area contributed by atoms with Crippen molar-refractivity contribution in [2.24, 2.45) is 0 Å². The lowest BCUT2D eigenvalue weighted by Gasteiger charge is -2.03. The van der Waals surface area contributed by atoms with Crippen LogP contribution in [0.5, 0.6) is 0 Å². The molecule has 0 spiro atoms. The van der Waals surface area contributed by atoms with Crippen molar-refractivity contribution in [3.8, 4) is 0 Å². The first-order valence-electron chi connectivity index (χ1n) is 5.05. The van der Waals surface area contributed by atoms with Crippen LogP contribution in [-0.4, -0.2) is 18.9 Å². The van der Waals surface area contributed by atoms with E-state index in [9.17, 15) is 14.4 Å². The van der Waals surface area contributed by atoms with Gasteiger partial charge in [0, 0.05) is 5.57 Å². The first-order chi connectivity index (χ1) is 8.80. The van der Waals surface area contributed by atoms with E-state index in [4.69, 9.17) is 0 Å². The Bertz CT molecular complexity index is 537. The molecule has 1 aliphatic rings. The number of thioether (sulfide) groups is 2. The summed E-state index contributed by atoms with van der Waals surface area (Å²) in [6.07, 6.45) is 2.03. The van der Waals surface area contributed by atoms with Crippen LogP contribution in [0.1, 0.15) is 5.56 Å². The second-order valence-corrected chi connectivity index (χ2v) is 5.72. The highest BCUT2D eigenvalue weighted by molar-refractivity contribution is 8.29. The third-order valence-corrected chi connectivity index (χ3v) is 4.80. The Kier molecular flexibility index (Phi) is 4.17. The van der Waals surface area contributed by atoms with E-state index in [1.807, 2.05) is 30.3 Å². The molecule has 0 atom stereocenters. The molecule has 5 heteroatoms. The molecule has 0 fully saturated rings. The quantitative estimate of drug-likeness (QED) is 0.625. The van der Waals surface area contributed by atoms with Gasteiger partial charge in [0.15, 0.2) is 18.9 Å². The van der Waals surface area contributed by atoms with Gasteiger partial charge in [-0.05, 0) is 5.56 Å². The van der Waals surface area contributed by atoms with Gasteiger partial charge >= 0.3 is 0 Å². The lowest BCUT2D eigenvalue weighted by Crippen LogP contribution is -1.87. The molecule has 0 saturated carbocycles. The zero-order valence-electron chi connectivity index (χ0n) is 9.16. The Labute approximate surface area is 112 Å². The van der Waals surface area contributed by atoms with Crippen LogP contribution in [-0.2, 0) is 14.4 Å². The molecular formula is C13H8O3S2. The van der Waals surface area contributed by atoms with E-state index in [2.05, 4.69) is 0 Å². The number of rotatable bonds is 4. The van der Waals surface area contributed by atoms with E-state index in [1.54, 1.807) is 0 Å².